The van der Waals surface area contributed by atoms with Crippen LogP contribution in [-0.4, -0.2) is 22.4 Å². The highest BCUT2D eigenvalue weighted by Gasteiger charge is 2.33. The van der Waals surface area contributed by atoms with Gasteiger partial charge in [0.15, 0.2) is 5.54 Å². The zero-order chi connectivity index (χ0) is 13.3. The molecule has 0 spiro atoms. The van der Waals surface area contributed by atoms with E-state index in [-0.39, 0.29) is 5.97 Å². The number of nitrogens with zero attached hydrogens (tertiary/aromatic N) is 2. The molecule has 2 aromatic rings. The molecule has 0 bridgehead atoms. The van der Waals surface area contributed by atoms with Gasteiger partial charge in [-0.2, -0.15) is 5.10 Å². The molecule has 0 aliphatic rings. The Hall–Kier alpha value is -1.84. The summed E-state index contributed by atoms with van der Waals surface area (Å²) in [7, 11) is 0. The van der Waals surface area contributed by atoms with Gasteiger partial charge >= 0.3 is 5.97 Å². The van der Waals surface area contributed by atoms with E-state index in [4.69, 9.17) is 4.74 Å². The fourth-order valence-corrected chi connectivity index (χ4v) is 1.97. The van der Waals surface area contributed by atoms with Crippen LogP contribution in [0, 0.1) is 6.92 Å². The molecule has 1 aromatic carbocycles. The van der Waals surface area contributed by atoms with Crippen LogP contribution < -0.4 is 0 Å². The molecule has 4 heteroatoms. The fraction of sp³-hybridized carbons (Fsp3) is 0.429. The van der Waals surface area contributed by atoms with Crippen LogP contribution in [-0.2, 0) is 15.1 Å². The first-order chi connectivity index (χ1) is 8.46. The largest absolute Gasteiger partial charge is 0.464 e. The van der Waals surface area contributed by atoms with E-state index in [0.717, 1.165) is 16.5 Å². The third kappa shape index (κ3) is 1.98. The van der Waals surface area contributed by atoms with Crippen molar-refractivity contribution in [3.05, 3.63) is 30.0 Å². The van der Waals surface area contributed by atoms with Crippen molar-refractivity contribution in [3.8, 4) is 0 Å². The molecular formula is C14H18N2O2. The van der Waals surface area contributed by atoms with Crippen LogP contribution in [0.5, 0.6) is 0 Å². The van der Waals surface area contributed by atoms with E-state index in [9.17, 15) is 4.79 Å². The average molecular weight is 246 g/mol. The summed E-state index contributed by atoms with van der Waals surface area (Å²) in [5, 5.41) is 5.35. The number of aryl methyl sites for hydroxylation is 1. The molecule has 4 nitrogen and oxygen atoms in total. The molecule has 0 fully saturated rings. The van der Waals surface area contributed by atoms with Gasteiger partial charge in [-0.25, -0.2) is 9.48 Å². The van der Waals surface area contributed by atoms with Crippen molar-refractivity contribution >= 4 is 16.9 Å². The van der Waals surface area contributed by atoms with Gasteiger partial charge in [0.25, 0.3) is 0 Å². The van der Waals surface area contributed by atoms with E-state index in [1.165, 1.54) is 0 Å². The lowest BCUT2D eigenvalue weighted by Crippen LogP contribution is -2.38. The van der Waals surface area contributed by atoms with Crippen molar-refractivity contribution in [1.29, 1.82) is 0 Å². The summed E-state index contributed by atoms with van der Waals surface area (Å²) in [4.78, 5) is 12.0. The third-order valence-corrected chi connectivity index (χ3v) is 3.03. The first-order valence-corrected chi connectivity index (χ1v) is 6.09. The lowest BCUT2D eigenvalue weighted by atomic mass is 10.1. The maximum atomic E-state index is 12.0. The Morgan fingerprint density at radius 3 is 2.83 bits per heavy atom. The zero-order valence-electron chi connectivity index (χ0n) is 11.2. The number of carbonyl (C=O) groups excluding carboxylic acids is 1. The fourth-order valence-electron chi connectivity index (χ4n) is 1.97. The monoisotopic (exact) mass is 246 g/mol. The molecule has 96 valence electrons. The quantitative estimate of drug-likeness (QED) is 0.782. The highest BCUT2D eigenvalue weighted by molar-refractivity contribution is 5.84. The van der Waals surface area contributed by atoms with Gasteiger partial charge in [0.05, 0.1) is 18.3 Å². The SMILES string of the molecule is CCOC(=O)C(C)(C)n1ncc2ccc(C)cc21. The molecule has 0 unspecified atom stereocenters. The molecule has 18 heavy (non-hydrogen) atoms. The second kappa shape index (κ2) is 4.44. The lowest BCUT2D eigenvalue weighted by Gasteiger charge is -2.23. The van der Waals surface area contributed by atoms with E-state index in [0.29, 0.717) is 6.61 Å². The highest BCUT2D eigenvalue weighted by Crippen LogP contribution is 2.24. The van der Waals surface area contributed by atoms with Crippen LogP contribution in [0.3, 0.4) is 0 Å². The van der Waals surface area contributed by atoms with Gasteiger partial charge in [-0.05, 0) is 39.3 Å². The van der Waals surface area contributed by atoms with Crippen LogP contribution in [0.2, 0.25) is 0 Å². The second-order valence-corrected chi connectivity index (χ2v) is 4.90. The van der Waals surface area contributed by atoms with E-state index < -0.39 is 5.54 Å². The number of esters is 1. The van der Waals surface area contributed by atoms with Gasteiger partial charge in [-0.3, -0.25) is 0 Å². The van der Waals surface area contributed by atoms with Gasteiger partial charge in [0, 0.05) is 5.39 Å². The Morgan fingerprint density at radius 1 is 1.44 bits per heavy atom. The van der Waals surface area contributed by atoms with Crippen molar-refractivity contribution in [2.75, 3.05) is 6.61 Å². The molecule has 1 aromatic heterocycles. The summed E-state index contributed by atoms with van der Waals surface area (Å²) < 4.78 is 6.84. The molecule has 0 N–H and O–H groups in total. The third-order valence-electron chi connectivity index (χ3n) is 3.03. The van der Waals surface area contributed by atoms with Gasteiger partial charge in [-0.1, -0.05) is 12.1 Å². The van der Waals surface area contributed by atoms with E-state index in [2.05, 4.69) is 5.10 Å². The lowest BCUT2D eigenvalue weighted by molar-refractivity contribution is -0.152. The minimum atomic E-state index is -0.800. The van der Waals surface area contributed by atoms with Crippen molar-refractivity contribution in [1.82, 2.24) is 9.78 Å². The number of hydrogen-bond acceptors (Lipinski definition) is 3. The summed E-state index contributed by atoms with van der Waals surface area (Å²) in [6.45, 7) is 7.84. The van der Waals surface area contributed by atoms with Crippen LogP contribution in [0.4, 0.5) is 0 Å². The number of aromatic nitrogens is 2. The maximum absolute atomic E-state index is 12.0. The summed E-state index contributed by atoms with van der Waals surface area (Å²) in [6.07, 6.45) is 1.77. The summed E-state index contributed by atoms with van der Waals surface area (Å²) >= 11 is 0. The van der Waals surface area contributed by atoms with Crippen LogP contribution in [0.25, 0.3) is 10.9 Å². The molecular weight excluding hydrogens is 228 g/mol. The molecule has 2 rings (SSSR count). The molecule has 0 aliphatic heterocycles. The maximum Gasteiger partial charge on any atom is 0.333 e. The van der Waals surface area contributed by atoms with Gasteiger partial charge in [0.2, 0.25) is 0 Å². The predicted octanol–water partition coefficient (Wildman–Crippen LogP) is 2.64. The Bertz CT molecular complexity index is 584. The van der Waals surface area contributed by atoms with Crippen molar-refractivity contribution < 1.29 is 9.53 Å². The van der Waals surface area contributed by atoms with Crippen molar-refractivity contribution in [2.24, 2.45) is 0 Å². The van der Waals surface area contributed by atoms with Gasteiger partial charge in [0.1, 0.15) is 0 Å². The predicted molar refractivity (Wildman–Crippen MR) is 70.4 cm³/mol. The average Bonchev–Trinajstić information content (AvgIpc) is 2.72. The first kappa shape index (κ1) is 12.6. The second-order valence-electron chi connectivity index (χ2n) is 4.90. The number of ether oxygens (including phenoxy) is 1. The zero-order valence-corrected chi connectivity index (χ0v) is 11.2. The molecule has 0 amide bonds. The molecule has 0 saturated heterocycles. The van der Waals surface area contributed by atoms with Crippen LogP contribution >= 0.6 is 0 Å². The van der Waals surface area contributed by atoms with E-state index in [1.54, 1.807) is 17.8 Å². The standard InChI is InChI=1S/C14H18N2O2/c1-5-18-13(17)14(3,4)16-12-8-10(2)6-7-11(12)9-15-16/h6-9H,5H2,1-4H3. The number of benzene rings is 1. The number of carbonyl (C=O) groups is 1. The van der Waals surface area contributed by atoms with E-state index >= 15 is 0 Å². The minimum absolute atomic E-state index is 0.267. The molecule has 0 saturated carbocycles. The number of rotatable bonds is 3. The van der Waals surface area contributed by atoms with Crippen LogP contribution in [0.1, 0.15) is 26.3 Å². The minimum Gasteiger partial charge on any atom is -0.464 e. The highest BCUT2D eigenvalue weighted by atomic mass is 16.5. The van der Waals surface area contributed by atoms with Crippen LogP contribution in [0.15, 0.2) is 24.4 Å². The Labute approximate surface area is 107 Å². The van der Waals surface area contributed by atoms with E-state index in [1.807, 2.05) is 39.0 Å². The Kier molecular flexibility index (Phi) is 3.11. The topological polar surface area (TPSA) is 44.1 Å². The summed E-state index contributed by atoms with van der Waals surface area (Å²) in [6, 6.07) is 6.07. The molecule has 0 radical (unpaired) electrons. The normalized spacial score (nSPS) is 11.8. The van der Waals surface area contributed by atoms with Gasteiger partial charge < -0.3 is 4.74 Å². The number of hydrogen-bond donors (Lipinski definition) is 0. The van der Waals surface area contributed by atoms with Crippen molar-refractivity contribution in [2.45, 2.75) is 33.2 Å². The first-order valence-electron chi connectivity index (χ1n) is 6.09. The summed E-state index contributed by atoms with van der Waals surface area (Å²) in [5.74, 6) is -0.267. The number of fused-ring (bicyclic) bond motifs is 1. The van der Waals surface area contributed by atoms with Crippen molar-refractivity contribution in [3.63, 3.8) is 0 Å². The summed E-state index contributed by atoms with van der Waals surface area (Å²) in [5.41, 5.74) is 1.29. The smallest absolute Gasteiger partial charge is 0.333 e. The molecule has 1 heterocycles. The molecule has 0 aliphatic carbocycles. The Balaban J connectivity index is 2.53. The molecule has 0 atom stereocenters. The Morgan fingerprint density at radius 2 is 2.17 bits per heavy atom. The van der Waals surface area contributed by atoms with Gasteiger partial charge in [-0.15, -0.1) is 0 Å².